The molecule has 54 heavy (non-hydrogen) atoms. The molecule has 0 saturated heterocycles. The minimum Gasteiger partial charge on any atom is -0.464 e. The summed E-state index contributed by atoms with van der Waals surface area (Å²) in [7, 11) is 0. The Kier molecular flexibility index (Phi) is 40.2. The van der Waals surface area contributed by atoms with Crippen LogP contribution in [0, 0.1) is 0 Å². The number of ether oxygens (including phenoxy) is 2. The lowest BCUT2D eigenvalue weighted by Crippen LogP contribution is -2.51. The molecule has 0 aromatic carbocycles. The Morgan fingerprint density at radius 3 is 1.24 bits per heavy atom. The molecule has 0 spiro atoms. The smallest absolute Gasteiger partial charge is 0.305 e. The van der Waals surface area contributed by atoms with Crippen LogP contribution in [0.3, 0.4) is 0 Å². The Balaban J connectivity index is 4.19. The fourth-order valence-electron chi connectivity index (χ4n) is 6.39. The van der Waals surface area contributed by atoms with Crippen LogP contribution in [0.25, 0.3) is 0 Å². The minimum atomic E-state index is -0.907. The molecule has 0 saturated carbocycles. The van der Waals surface area contributed by atoms with Crippen molar-refractivity contribution >= 4 is 17.8 Å². The molecule has 0 aromatic rings. The zero-order valence-electron chi connectivity index (χ0n) is 35.0. The van der Waals surface area contributed by atoms with Gasteiger partial charge in [-0.05, 0) is 64.2 Å². The fraction of sp³-hybridized carbons (Fsp3) is 0.844. The van der Waals surface area contributed by atoms with Crippen LogP contribution in [-0.4, -0.2) is 85.1 Å². The first kappa shape index (κ1) is 51.8. The Labute approximate surface area is 331 Å². The molecule has 1 atom stereocenters. The van der Waals surface area contributed by atoms with Crippen LogP contribution < -0.4 is 5.32 Å². The van der Waals surface area contributed by atoms with Crippen molar-refractivity contribution in [2.45, 2.75) is 200 Å². The van der Waals surface area contributed by atoms with Crippen molar-refractivity contribution in [3.8, 4) is 0 Å². The molecule has 9 heteroatoms. The minimum absolute atomic E-state index is 0.0245. The van der Waals surface area contributed by atoms with Gasteiger partial charge < -0.3 is 29.9 Å². The molecule has 1 unspecified atom stereocenters. The van der Waals surface area contributed by atoms with Crippen molar-refractivity contribution in [2.75, 3.05) is 46.1 Å². The van der Waals surface area contributed by atoms with E-state index in [0.717, 1.165) is 64.2 Å². The van der Waals surface area contributed by atoms with Gasteiger partial charge in [0.15, 0.2) is 0 Å². The third kappa shape index (κ3) is 35.5. The molecule has 0 aliphatic carbocycles. The lowest BCUT2D eigenvalue weighted by atomic mass is 10.1. The molecule has 0 aromatic heterocycles. The number of amides is 1. The van der Waals surface area contributed by atoms with Crippen LogP contribution in [0.4, 0.5) is 0 Å². The molecular weight excluding hydrogens is 681 g/mol. The van der Waals surface area contributed by atoms with E-state index in [1.807, 2.05) is 0 Å². The topological polar surface area (TPSA) is 125 Å². The SMILES string of the molecule is CCCCCCCC/C=C\CCCCCCCC(=O)OCCN(CCOC(=O)CCCCCCC/C=C\CCCCCCCC)C(=O)C(CO)NCCO. The van der Waals surface area contributed by atoms with Gasteiger partial charge in [0, 0.05) is 19.4 Å². The number of allylic oxidation sites excluding steroid dienone is 4. The van der Waals surface area contributed by atoms with E-state index in [0.29, 0.717) is 12.8 Å². The summed E-state index contributed by atoms with van der Waals surface area (Å²) in [6.45, 7) is 4.33. The fourth-order valence-corrected chi connectivity index (χ4v) is 6.39. The lowest BCUT2D eigenvalue weighted by Gasteiger charge is -2.27. The van der Waals surface area contributed by atoms with Crippen molar-refractivity contribution in [1.82, 2.24) is 10.2 Å². The standard InChI is InChI=1S/C45H84N2O7/c1-3-5-7-9-11-13-15-17-19-21-23-25-27-29-31-33-43(50)53-39-36-47(45(52)42(41-49)46-35-38-48)37-40-54-44(51)34-32-30-28-26-24-22-20-18-16-14-12-10-8-6-4-2/h17-20,42,46,48-49H,3-16,21-41H2,1-2H3/b19-17-,20-18-. The third-order valence-electron chi connectivity index (χ3n) is 9.83. The van der Waals surface area contributed by atoms with Gasteiger partial charge in [-0.2, -0.15) is 0 Å². The van der Waals surface area contributed by atoms with Crippen molar-refractivity contribution in [1.29, 1.82) is 0 Å². The summed E-state index contributed by atoms with van der Waals surface area (Å²) in [5, 5.41) is 21.7. The first-order valence-corrected chi connectivity index (χ1v) is 22.3. The number of esters is 2. The average Bonchev–Trinajstić information content (AvgIpc) is 3.17. The quantitative estimate of drug-likeness (QED) is 0.0319. The maximum absolute atomic E-state index is 13.1. The first-order chi connectivity index (χ1) is 26.5. The molecule has 9 nitrogen and oxygen atoms in total. The van der Waals surface area contributed by atoms with Crippen molar-refractivity contribution in [3.63, 3.8) is 0 Å². The first-order valence-electron chi connectivity index (χ1n) is 22.3. The molecular formula is C45H84N2O7. The summed E-state index contributed by atoms with van der Waals surface area (Å²) < 4.78 is 10.8. The number of carbonyl (C=O) groups excluding carboxylic acids is 3. The number of aliphatic hydroxyl groups excluding tert-OH is 2. The normalized spacial score (nSPS) is 12.1. The zero-order chi connectivity index (χ0) is 39.6. The van der Waals surface area contributed by atoms with Crippen molar-refractivity contribution in [3.05, 3.63) is 24.3 Å². The summed E-state index contributed by atoms with van der Waals surface area (Å²) in [6, 6.07) is -0.907. The highest BCUT2D eigenvalue weighted by molar-refractivity contribution is 5.82. The average molecular weight is 765 g/mol. The molecule has 0 heterocycles. The summed E-state index contributed by atoms with van der Waals surface area (Å²) in [5.74, 6) is -0.973. The van der Waals surface area contributed by atoms with Crippen LogP contribution in [0.1, 0.15) is 194 Å². The highest BCUT2D eigenvalue weighted by atomic mass is 16.5. The van der Waals surface area contributed by atoms with Gasteiger partial charge in [0.1, 0.15) is 19.3 Å². The van der Waals surface area contributed by atoms with Crippen molar-refractivity contribution in [2.24, 2.45) is 0 Å². The predicted molar refractivity (Wildman–Crippen MR) is 223 cm³/mol. The molecule has 316 valence electrons. The highest BCUT2D eigenvalue weighted by Gasteiger charge is 2.24. The van der Waals surface area contributed by atoms with E-state index >= 15 is 0 Å². The number of unbranched alkanes of at least 4 members (excludes halogenated alkanes) is 22. The Morgan fingerprint density at radius 2 is 0.889 bits per heavy atom. The molecule has 0 aliphatic heterocycles. The number of aliphatic hydroxyl groups is 2. The van der Waals surface area contributed by atoms with Gasteiger partial charge >= 0.3 is 11.9 Å². The van der Waals surface area contributed by atoms with Crippen LogP contribution in [0.15, 0.2) is 24.3 Å². The molecule has 0 rings (SSSR count). The van der Waals surface area contributed by atoms with Gasteiger partial charge in [-0.25, -0.2) is 0 Å². The van der Waals surface area contributed by atoms with Crippen LogP contribution in [-0.2, 0) is 23.9 Å². The Morgan fingerprint density at radius 1 is 0.537 bits per heavy atom. The summed E-state index contributed by atoms with van der Waals surface area (Å²) in [6.07, 6.45) is 41.0. The lowest BCUT2D eigenvalue weighted by molar-refractivity contribution is -0.148. The maximum Gasteiger partial charge on any atom is 0.305 e. The third-order valence-corrected chi connectivity index (χ3v) is 9.83. The highest BCUT2D eigenvalue weighted by Crippen LogP contribution is 2.12. The van der Waals surface area contributed by atoms with Gasteiger partial charge in [-0.3, -0.25) is 14.4 Å². The predicted octanol–water partition coefficient (Wildman–Crippen LogP) is 9.92. The number of hydrogen-bond acceptors (Lipinski definition) is 8. The number of nitrogens with zero attached hydrogens (tertiary/aromatic N) is 1. The summed E-state index contributed by atoms with van der Waals surface area (Å²) in [4.78, 5) is 39.3. The largest absolute Gasteiger partial charge is 0.464 e. The van der Waals surface area contributed by atoms with Gasteiger partial charge in [-0.1, -0.05) is 141 Å². The number of hydrogen-bond donors (Lipinski definition) is 3. The van der Waals surface area contributed by atoms with Crippen LogP contribution >= 0.6 is 0 Å². The van der Waals surface area contributed by atoms with Crippen LogP contribution in [0.2, 0.25) is 0 Å². The van der Waals surface area contributed by atoms with Gasteiger partial charge in [0.25, 0.3) is 0 Å². The van der Waals surface area contributed by atoms with E-state index in [4.69, 9.17) is 14.6 Å². The van der Waals surface area contributed by atoms with E-state index < -0.39 is 18.6 Å². The van der Waals surface area contributed by atoms with E-state index in [1.54, 1.807) is 0 Å². The molecule has 0 bridgehead atoms. The molecule has 3 N–H and O–H groups in total. The van der Waals surface area contributed by atoms with Gasteiger partial charge in [0.05, 0.1) is 26.3 Å². The number of rotatable bonds is 41. The molecule has 0 fully saturated rings. The number of nitrogens with one attached hydrogen (secondary N) is 1. The van der Waals surface area contributed by atoms with Gasteiger partial charge in [-0.15, -0.1) is 0 Å². The zero-order valence-corrected chi connectivity index (χ0v) is 35.0. The second-order valence-electron chi connectivity index (χ2n) is 14.8. The summed E-state index contributed by atoms with van der Waals surface area (Å²) >= 11 is 0. The molecule has 0 aliphatic rings. The van der Waals surface area contributed by atoms with E-state index in [2.05, 4.69) is 43.5 Å². The van der Waals surface area contributed by atoms with E-state index in [-0.39, 0.29) is 51.4 Å². The second kappa shape index (κ2) is 41.9. The maximum atomic E-state index is 13.1. The molecule has 1 amide bonds. The Hall–Kier alpha value is -2.23. The van der Waals surface area contributed by atoms with E-state index in [1.165, 1.54) is 108 Å². The van der Waals surface area contributed by atoms with E-state index in [9.17, 15) is 19.5 Å². The summed E-state index contributed by atoms with van der Waals surface area (Å²) in [5.41, 5.74) is 0. The Bertz CT molecular complexity index is 852. The van der Waals surface area contributed by atoms with Gasteiger partial charge in [0.2, 0.25) is 5.91 Å². The second-order valence-corrected chi connectivity index (χ2v) is 14.8. The molecule has 0 radical (unpaired) electrons. The number of carbonyl (C=O) groups is 3. The van der Waals surface area contributed by atoms with Crippen molar-refractivity contribution < 1.29 is 34.1 Å². The monoisotopic (exact) mass is 765 g/mol. The van der Waals surface area contributed by atoms with Crippen LogP contribution in [0.5, 0.6) is 0 Å².